The predicted octanol–water partition coefficient (Wildman–Crippen LogP) is 0.835. The smallest absolute Gasteiger partial charge is 0.323 e. The average Bonchev–Trinajstić information content (AvgIpc) is 2.51. The number of fused-ring (bicyclic) bond motifs is 1. The van der Waals surface area contributed by atoms with E-state index in [0.717, 1.165) is 4.90 Å². The van der Waals surface area contributed by atoms with Crippen molar-refractivity contribution in [3.05, 3.63) is 35.9 Å². The van der Waals surface area contributed by atoms with E-state index < -0.39 is 24.5 Å². The van der Waals surface area contributed by atoms with E-state index >= 15 is 0 Å². The highest BCUT2D eigenvalue weighted by Gasteiger charge is 2.28. The number of carboxylic acid groups (broad SMARTS) is 1. The predicted molar refractivity (Wildman–Crippen MR) is 67.4 cm³/mol. The Morgan fingerprint density at radius 1 is 1.42 bits per heavy atom. The number of aliphatic carboxylic acids is 1. The lowest BCUT2D eigenvalue weighted by atomic mass is 10.1. The largest absolute Gasteiger partial charge is 0.480 e. The maximum absolute atomic E-state index is 12.2. The Morgan fingerprint density at radius 3 is 2.84 bits per heavy atom. The van der Waals surface area contributed by atoms with E-state index in [1.54, 1.807) is 30.3 Å². The number of aliphatic imine (C=N–C) groups is 1. The zero-order valence-electron chi connectivity index (χ0n) is 9.81. The van der Waals surface area contributed by atoms with Crippen LogP contribution in [0.1, 0.15) is 5.56 Å². The van der Waals surface area contributed by atoms with Gasteiger partial charge in [0.25, 0.3) is 5.91 Å². The Bertz CT molecular complexity index is 602. The molecule has 0 saturated heterocycles. The Morgan fingerprint density at radius 2 is 2.16 bits per heavy atom. The van der Waals surface area contributed by atoms with E-state index in [0.29, 0.717) is 11.3 Å². The summed E-state index contributed by atoms with van der Waals surface area (Å²) in [4.78, 5) is 37.9. The fourth-order valence-corrected chi connectivity index (χ4v) is 1.88. The fourth-order valence-electron chi connectivity index (χ4n) is 1.88. The van der Waals surface area contributed by atoms with Crippen molar-refractivity contribution < 1.29 is 19.5 Å². The molecule has 0 spiro atoms. The third-order valence-electron chi connectivity index (χ3n) is 2.69. The van der Waals surface area contributed by atoms with Crippen LogP contribution in [0.2, 0.25) is 0 Å². The van der Waals surface area contributed by atoms with Crippen LogP contribution in [0.25, 0.3) is 6.08 Å². The van der Waals surface area contributed by atoms with Crippen LogP contribution in [0.15, 0.2) is 35.3 Å². The number of carbonyl (C=O) groups excluding carboxylic acids is 2. The number of carboxylic acids is 1. The van der Waals surface area contributed by atoms with Crippen molar-refractivity contribution in [2.45, 2.75) is 6.04 Å². The first-order valence-corrected chi connectivity index (χ1v) is 5.51. The van der Waals surface area contributed by atoms with Crippen LogP contribution in [0, 0.1) is 0 Å². The minimum absolute atomic E-state index is 0.481. The van der Waals surface area contributed by atoms with Crippen molar-refractivity contribution in [3.63, 3.8) is 0 Å². The molecule has 0 radical (unpaired) electrons. The van der Waals surface area contributed by atoms with E-state index in [4.69, 9.17) is 5.11 Å². The average molecular weight is 258 g/mol. The molecule has 1 aromatic rings. The minimum Gasteiger partial charge on any atom is -0.480 e. The second kappa shape index (κ2) is 5.29. The molecule has 1 aromatic carbocycles. The third kappa shape index (κ3) is 2.59. The van der Waals surface area contributed by atoms with Gasteiger partial charge >= 0.3 is 5.97 Å². The molecule has 1 aliphatic heterocycles. The number of isocyanates is 1. The summed E-state index contributed by atoms with van der Waals surface area (Å²) in [7, 11) is 0. The summed E-state index contributed by atoms with van der Waals surface area (Å²) in [5.74, 6) is -1.70. The van der Waals surface area contributed by atoms with Crippen molar-refractivity contribution in [2.24, 2.45) is 4.99 Å². The van der Waals surface area contributed by atoms with E-state index in [1.807, 2.05) is 0 Å². The molecule has 1 heterocycles. The lowest BCUT2D eigenvalue weighted by molar-refractivity contribution is -0.136. The van der Waals surface area contributed by atoms with Gasteiger partial charge < -0.3 is 5.11 Å². The van der Waals surface area contributed by atoms with Crippen molar-refractivity contribution in [1.29, 1.82) is 0 Å². The molecule has 1 amide bonds. The number of rotatable bonds is 3. The summed E-state index contributed by atoms with van der Waals surface area (Å²) in [6, 6.07) is 5.84. The van der Waals surface area contributed by atoms with E-state index in [-0.39, 0.29) is 0 Å². The number of carbonyl (C=O) groups is 2. The quantitative estimate of drug-likeness (QED) is 0.642. The summed E-state index contributed by atoms with van der Waals surface area (Å²) >= 11 is 0. The van der Waals surface area contributed by atoms with Crippen molar-refractivity contribution >= 4 is 29.7 Å². The lowest BCUT2D eigenvalue weighted by Crippen LogP contribution is -2.40. The summed E-state index contributed by atoms with van der Waals surface area (Å²) in [5, 5.41) is 8.89. The van der Waals surface area contributed by atoms with Gasteiger partial charge in [-0.15, -0.1) is 0 Å². The summed E-state index contributed by atoms with van der Waals surface area (Å²) in [6.07, 6.45) is 4.42. The maximum Gasteiger partial charge on any atom is 0.323 e. The maximum atomic E-state index is 12.2. The highest BCUT2D eigenvalue weighted by atomic mass is 16.4. The highest BCUT2D eigenvalue weighted by molar-refractivity contribution is 6.05. The molecule has 6 nitrogen and oxygen atoms in total. The molecule has 1 N–H and O–H groups in total. The molecule has 2 rings (SSSR count). The van der Waals surface area contributed by atoms with Gasteiger partial charge in [0.1, 0.15) is 6.54 Å². The number of amides is 1. The fraction of sp³-hybridized carbons (Fsp3) is 0.154. The van der Waals surface area contributed by atoms with Gasteiger partial charge in [0.2, 0.25) is 6.08 Å². The zero-order chi connectivity index (χ0) is 13.8. The summed E-state index contributed by atoms with van der Waals surface area (Å²) in [5.41, 5.74) is 1.18. The monoisotopic (exact) mass is 258 g/mol. The molecule has 0 aliphatic carbocycles. The number of para-hydroxylation sites is 1. The van der Waals surface area contributed by atoms with Gasteiger partial charge in [0, 0.05) is 0 Å². The summed E-state index contributed by atoms with van der Waals surface area (Å²) < 4.78 is 0. The van der Waals surface area contributed by atoms with Gasteiger partial charge in [-0.1, -0.05) is 24.3 Å². The minimum atomic E-state index is -1.14. The van der Waals surface area contributed by atoms with Crippen LogP contribution in [-0.2, 0) is 14.4 Å². The molecule has 1 atom stereocenters. The molecule has 0 bridgehead atoms. The van der Waals surface area contributed by atoms with E-state index in [9.17, 15) is 14.4 Å². The van der Waals surface area contributed by atoms with Crippen LogP contribution < -0.4 is 4.90 Å². The SMILES string of the molecule is O=C=NC1C=Cc2ccccc2N(CC(=O)O)C1=O. The molecule has 6 heteroatoms. The van der Waals surface area contributed by atoms with Crippen molar-refractivity contribution in [3.8, 4) is 0 Å². The van der Waals surface area contributed by atoms with E-state index in [1.165, 1.54) is 12.2 Å². The Kier molecular flexibility index (Phi) is 3.54. The number of nitrogens with zero attached hydrogens (tertiary/aromatic N) is 2. The number of benzene rings is 1. The van der Waals surface area contributed by atoms with Crippen LogP contribution >= 0.6 is 0 Å². The van der Waals surface area contributed by atoms with Crippen molar-refractivity contribution in [2.75, 3.05) is 11.4 Å². The van der Waals surface area contributed by atoms with Gasteiger partial charge in [-0.3, -0.25) is 14.5 Å². The van der Waals surface area contributed by atoms with Gasteiger partial charge in [-0.25, -0.2) is 4.79 Å². The topological polar surface area (TPSA) is 87.0 Å². The standard InChI is InChI=1S/C13H10N2O4/c16-8-14-10-6-5-9-3-1-2-4-11(9)15(13(10)19)7-12(17)18/h1-6,10H,7H2,(H,17,18). The molecule has 0 aromatic heterocycles. The Labute approximate surface area is 108 Å². The normalized spacial score (nSPS) is 17.4. The van der Waals surface area contributed by atoms with Crippen LogP contribution in [0.4, 0.5) is 5.69 Å². The lowest BCUT2D eigenvalue weighted by Gasteiger charge is -2.22. The van der Waals surface area contributed by atoms with Gasteiger partial charge in [0.15, 0.2) is 6.04 Å². The van der Waals surface area contributed by atoms with Gasteiger partial charge in [-0.2, -0.15) is 4.99 Å². The van der Waals surface area contributed by atoms with Gasteiger partial charge in [-0.05, 0) is 17.7 Å². The van der Waals surface area contributed by atoms with Crippen LogP contribution in [0.3, 0.4) is 0 Å². The first kappa shape index (κ1) is 12.7. The van der Waals surface area contributed by atoms with Crippen LogP contribution in [0.5, 0.6) is 0 Å². The molecule has 96 valence electrons. The number of hydrogen-bond donors (Lipinski definition) is 1. The van der Waals surface area contributed by atoms with Crippen LogP contribution in [-0.4, -0.2) is 35.6 Å². The first-order valence-electron chi connectivity index (χ1n) is 5.51. The molecule has 1 unspecified atom stereocenters. The highest BCUT2D eigenvalue weighted by Crippen LogP contribution is 2.26. The molecule has 19 heavy (non-hydrogen) atoms. The molecule has 0 saturated carbocycles. The first-order chi connectivity index (χ1) is 9.13. The third-order valence-corrected chi connectivity index (χ3v) is 2.69. The molecular weight excluding hydrogens is 248 g/mol. The second-order valence-corrected chi connectivity index (χ2v) is 3.90. The van der Waals surface area contributed by atoms with Crippen molar-refractivity contribution in [1.82, 2.24) is 0 Å². The molecule has 0 fully saturated rings. The number of hydrogen-bond acceptors (Lipinski definition) is 4. The Hall–Kier alpha value is -2.72. The molecule has 1 aliphatic rings. The molecular formula is C13H10N2O4. The van der Waals surface area contributed by atoms with Gasteiger partial charge in [0.05, 0.1) is 5.69 Å². The number of anilines is 1. The summed E-state index contributed by atoms with van der Waals surface area (Å²) in [6.45, 7) is -0.484. The van der Waals surface area contributed by atoms with E-state index in [2.05, 4.69) is 4.99 Å². The zero-order valence-corrected chi connectivity index (χ0v) is 9.81. The second-order valence-electron chi connectivity index (χ2n) is 3.90. The Balaban J connectivity index is 2.51.